The monoisotopic (exact) mass is 518 g/mol. The molecule has 0 spiro atoms. The van der Waals surface area contributed by atoms with Gasteiger partial charge >= 0.3 is 0 Å². The molecule has 8 heteroatoms. The molecule has 36 heavy (non-hydrogen) atoms. The van der Waals surface area contributed by atoms with Crippen molar-refractivity contribution in [3.63, 3.8) is 0 Å². The molecule has 2 aromatic carbocycles. The predicted octanol–water partition coefficient (Wildman–Crippen LogP) is 4.41. The van der Waals surface area contributed by atoms with E-state index in [4.69, 9.17) is 16.3 Å². The van der Waals surface area contributed by atoms with E-state index in [1.165, 1.54) is 12.1 Å². The first-order chi connectivity index (χ1) is 17.3. The normalized spacial score (nSPS) is 18.6. The van der Waals surface area contributed by atoms with Crippen molar-refractivity contribution >= 4 is 17.5 Å². The number of rotatable bonds is 12. The Balaban J connectivity index is 1.52. The summed E-state index contributed by atoms with van der Waals surface area (Å²) in [5.74, 6) is 0.430. The summed E-state index contributed by atoms with van der Waals surface area (Å²) < 4.78 is 19.2. The molecule has 1 N–H and O–H groups in total. The predicted molar refractivity (Wildman–Crippen MR) is 144 cm³/mol. The lowest BCUT2D eigenvalue weighted by Crippen LogP contribution is -2.58. The molecule has 2 atom stereocenters. The molecule has 0 saturated carbocycles. The zero-order valence-electron chi connectivity index (χ0n) is 22.0. The van der Waals surface area contributed by atoms with Crippen molar-refractivity contribution in [3.05, 3.63) is 64.4 Å². The van der Waals surface area contributed by atoms with Crippen LogP contribution < -0.4 is 10.1 Å². The van der Waals surface area contributed by atoms with Crippen LogP contribution in [0.1, 0.15) is 38.8 Å². The van der Waals surface area contributed by atoms with Gasteiger partial charge in [0.1, 0.15) is 11.6 Å². The number of ether oxygens (including phenoxy) is 1. The highest BCUT2D eigenvalue weighted by atomic mass is 35.5. The second-order valence-corrected chi connectivity index (χ2v) is 9.98. The van der Waals surface area contributed by atoms with Crippen molar-refractivity contribution in [2.75, 3.05) is 45.9 Å². The Hall–Kier alpha value is -2.19. The first-order valence-corrected chi connectivity index (χ1v) is 13.3. The molecule has 2 aromatic rings. The van der Waals surface area contributed by atoms with Gasteiger partial charge in [0.2, 0.25) is 0 Å². The lowest BCUT2D eigenvalue weighted by Gasteiger charge is -2.44. The summed E-state index contributed by atoms with van der Waals surface area (Å²) in [5, 5.41) is 4.11. The molecule has 1 amide bonds. The average Bonchev–Trinajstić information content (AvgIpc) is 2.86. The Morgan fingerprint density at radius 3 is 2.53 bits per heavy atom. The van der Waals surface area contributed by atoms with Crippen LogP contribution in [-0.4, -0.2) is 78.6 Å². The molecule has 3 rings (SSSR count). The van der Waals surface area contributed by atoms with Crippen LogP contribution in [0.2, 0.25) is 5.02 Å². The average molecular weight is 519 g/mol. The molecule has 1 aliphatic rings. The Morgan fingerprint density at radius 2 is 1.83 bits per heavy atom. The van der Waals surface area contributed by atoms with Gasteiger partial charge in [-0.25, -0.2) is 4.39 Å². The zero-order valence-corrected chi connectivity index (χ0v) is 22.7. The van der Waals surface area contributed by atoms with Crippen molar-refractivity contribution in [3.8, 4) is 5.75 Å². The summed E-state index contributed by atoms with van der Waals surface area (Å²) in [7, 11) is 0. The van der Waals surface area contributed by atoms with Crippen LogP contribution in [0.3, 0.4) is 0 Å². The molecule has 0 aliphatic carbocycles. The maximum absolute atomic E-state index is 13.2. The Morgan fingerprint density at radius 1 is 1.11 bits per heavy atom. The van der Waals surface area contributed by atoms with Crippen molar-refractivity contribution in [2.24, 2.45) is 0 Å². The molecule has 1 aliphatic heterocycles. The fourth-order valence-corrected chi connectivity index (χ4v) is 4.83. The van der Waals surface area contributed by atoms with Crippen LogP contribution >= 0.6 is 11.6 Å². The van der Waals surface area contributed by atoms with Gasteiger partial charge in [-0.05, 0) is 62.8 Å². The van der Waals surface area contributed by atoms with Crippen LogP contribution in [-0.2, 0) is 17.9 Å². The maximum atomic E-state index is 13.2. The van der Waals surface area contributed by atoms with Crippen LogP contribution in [0.15, 0.2) is 42.5 Å². The van der Waals surface area contributed by atoms with E-state index in [0.717, 1.165) is 50.4 Å². The summed E-state index contributed by atoms with van der Waals surface area (Å²) in [4.78, 5) is 19.7. The van der Waals surface area contributed by atoms with E-state index in [2.05, 4.69) is 42.8 Å². The summed E-state index contributed by atoms with van der Waals surface area (Å²) in [6, 6.07) is 12.4. The number of piperazine rings is 1. The van der Waals surface area contributed by atoms with Gasteiger partial charge in [-0.15, -0.1) is 0 Å². The molecule has 0 bridgehead atoms. The van der Waals surface area contributed by atoms with Crippen LogP contribution in [0.25, 0.3) is 0 Å². The van der Waals surface area contributed by atoms with Gasteiger partial charge in [0.25, 0.3) is 5.91 Å². The van der Waals surface area contributed by atoms with E-state index in [1.54, 1.807) is 6.07 Å². The number of benzene rings is 2. The minimum atomic E-state index is -0.227. The van der Waals surface area contributed by atoms with Crippen molar-refractivity contribution in [1.82, 2.24) is 20.0 Å². The van der Waals surface area contributed by atoms with Crippen molar-refractivity contribution in [1.29, 1.82) is 0 Å². The number of carbonyl (C=O) groups excluding carboxylic acids is 1. The molecule has 0 aromatic heterocycles. The fraction of sp³-hybridized carbons (Fsp3) is 0.536. The van der Waals surface area contributed by atoms with E-state index >= 15 is 0 Å². The Kier molecular flexibility index (Phi) is 11.0. The van der Waals surface area contributed by atoms with Crippen LogP contribution in [0, 0.1) is 5.82 Å². The number of nitrogens with one attached hydrogen (secondary N) is 1. The number of amides is 1. The van der Waals surface area contributed by atoms with E-state index in [0.29, 0.717) is 23.9 Å². The molecule has 198 valence electrons. The fourth-order valence-electron chi connectivity index (χ4n) is 4.64. The number of nitrogens with zero attached hydrogens (tertiary/aromatic N) is 3. The van der Waals surface area contributed by atoms with E-state index in [-0.39, 0.29) is 30.4 Å². The zero-order chi connectivity index (χ0) is 26.1. The summed E-state index contributed by atoms with van der Waals surface area (Å²) >= 11 is 6.23. The lowest BCUT2D eigenvalue weighted by molar-refractivity contribution is -0.139. The third-order valence-corrected chi connectivity index (χ3v) is 7.16. The Bertz CT molecular complexity index is 971. The second-order valence-electron chi connectivity index (χ2n) is 9.54. The van der Waals surface area contributed by atoms with Gasteiger partial charge in [0, 0.05) is 61.9 Å². The SMILES string of the molecule is CCN(CC)CCNCc1cc(Cl)ccc1OCC(=O)N1CC(C)N(Cc2ccc(F)cc2)CC1C. The topological polar surface area (TPSA) is 48.1 Å². The molecule has 1 heterocycles. The minimum absolute atomic E-state index is 0.0108. The molecular weight excluding hydrogens is 479 g/mol. The largest absolute Gasteiger partial charge is 0.483 e. The third kappa shape index (κ3) is 8.17. The molecule has 6 nitrogen and oxygen atoms in total. The molecule has 0 radical (unpaired) electrons. The quantitative estimate of drug-likeness (QED) is 0.422. The van der Waals surface area contributed by atoms with Crippen molar-refractivity contribution in [2.45, 2.75) is 52.9 Å². The van der Waals surface area contributed by atoms with E-state index < -0.39 is 0 Å². The first kappa shape index (κ1) is 28.4. The Labute approximate surface area is 220 Å². The number of hydrogen-bond acceptors (Lipinski definition) is 5. The molecule has 2 unspecified atom stereocenters. The lowest BCUT2D eigenvalue weighted by atomic mass is 10.1. The highest BCUT2D eigenvalue weighted by molar-refractivity contribution is 6.30. The summed E-state index contributed by atoms with van der Waals surface area (Å²) in [6.07, 6.45) is 0. The van der Waals surface area contributed by atoms with Gasteiger partial charge in [0.15, 0.2) is 6.61 Å². The highest BCUT2D eigenvalue weighted by Gasteiger charge is 2.32. The number of hydrogen-bond donors (Lipinski definition) is 1. The molecule has 1 fully saturated rings. The summed E-state index contributed by atoms with van der Waals surface area (Å²) in [5.41, 5.74) is 2.01. The number of carbonyl (C=O) groups is 1. The van der Waals surface area contributed by atoms with E-state index in [9.17, 15) is 9.18 Å². The second kappa shape index (κ2) is 13.9. The maximum Gasteiger partial charge on any atom is 0.260 e. The summed E-state index contributed by atoms with van der Waals surface area (Å²) in [6.45, 7) is 15.2. The van der Waals surface area contributed by atoms with Crippen LogP contribution in [0.4, 0.5) is 4.39 Å². The standard InChI is InChI=1S/C28H40ClFN4O2/c1-5-32(6-2)14-13-31-16-24-15-25(29)9-12-27(24)36-20-28(35)34-18-21(3)33(17-22(34)4)19-23-7-10-26(30)11-8-23/h7-12,15,21-22,31H,5-6,13-14,16-20H2,1-4H3. The first-order valence-electron chi connectivity index (χ1n) is 12.9. The third-order valence-electron chi connectivity index (χ3n) is 6.92. The van der Waals surface area contributed by atoms with Crippen LogP contribution in [0.5, 0.6) is 5.75 Å². The number of likely N-dealkylation sites (N-methyl/N-ethyl adjacent to an activating group) is 1. The van der Waals surface area contributed by atoms with Gasteiger partial charge in [-0.2, -0.15) is 0 Å². The van der Waals surface area contributed by atoms with E-state index in [1.807, 2.05) is 29.2 Å². The molecular formula is C28H40ClFN4O2. The van der Waals surface area contributed by atoms with Gasteiger partial charge < -0.3 is 19.9 Å². The highest BCUT2D eigenvalue weighted by Crippen LogP contribution is 2.24. The van der Waals surface area contributed by atoms with Crippen molar-refractivity contribution < 1.29 is 13.9 Å². The minimum Gasteiger partial charge on any atom is -0.483 e. The van der Waals surface area contributed by atoms with Gasteiger partial charge in [0.05, 0.1) is 0 Å². The smallest absolute Gasteiger partial charge is 0.260 e. The molecule has 1 saturated heterocycles. The number of halogens is 2. The van der Waals surface area contributed by atoms with Gasteiger partial charge in [-0.3, -0.25) is 9.69 Å². The van der Waals surface area contributed by atoms with Gasteiger partial charge in [-0.1, -0.05) is 37.6 Å².